The number of hydrogen-bond acceptors (Lipinski definition) is 5. The van der Waals surface area contributed by atoms with Crippen LogP contribution in [-0.2, 0) is 0 Å². The van der Waals surface area contributed by atoms with Crippen molar-refractivity contribution in [1.82, 2.24) is 4.98 Å². The summed E-state index contributed by atoms with van der Waals surface area (Å²) in [6.07, 6.45) is 1.61. The van der Waals surface area contributed by atoms with Gasteiger partial charge in [-0.2, -0.15) is 10.1 Å². The molecule has 0 saturated carbocycles. The van der Waals surface area contributed by atoms with Crippen LogP contribution in [0.3, 0.4) is 0 Å². The molecule has 0 saturated heterocycles. The van der Waals surface area contributed by atoms with E-state index in [2.05, 4.69) is 41.9 Å². The number of halogens is 4. The predicted octanol–water partition coefficient (Wildman–Crippen LogP) is 7.87. The molecular formula is C19H9Br2Cl2N3OS2. The van der Waals surface area contributed by atoms with E-state index >= 15 is 0 Å². The number of hydrazone groups is 1. The molecule has 0 aliphatic heterocycles. The van der Waals surface area contributed by atoms with Gasteiger partial charge in [-0.25, -0.2) is 4.98 Å². The Morgan fingerprint density at radius 2 is 1.76 bits per heavy atom. The molecule has 0 radical (unpaired) electrons. The van der Waals surface area contributed by atoms with E-state index < -0.39 is 5.91 Å². The molecule has 2 aromatic carbocycles. The number of rotatable bonds is 4. The van der Waals surface area contributed by atoms with Crippen molar-refractivity contribution in [2.45, 2.75) is 0 Å². The quantitative estimate of drug-likeness (QED) is 0.180. The molecule has 0 aliphatic carbocycles. The topological polar surface area (TPSA) is 45.6 Å². The highest BCUT2D eigenvalue weighted by Gasteiger charge is 2.24. The molecule has 0 aliphatic rings. The fourth-order valence-electron chi connectivity index (χ4n) is 2.44. The van der Waals surface area contributed by atoms with Gasteiger partial charge >= 0.3 is 0 Å². The first-order valence-electron chi connectivity index (χ1n) is 8.05. The summed E-state index contributed by atoms with van der Waals surface area (Å²) in [7, 11) is 0. The van der Waals surface area contributed by atoms with Crippen LogP contribution in [0.15, 0.2) is 62.6 Å². The highest BCUT2D eigenvalue weighted by atomic mass is 79.9. The number of carbonyl (C=O) groups is 1. The van der Waals surface area contributed by atoms with E-state index in [0.29, 0.717) is 13.8 Å². The van der Waals surface area contributed by atoms with Gasteiger partial charge in [0.2, 0.25) is 5.13 Å². The molecule has 0 fully saturated rings. The number of nitrogens with zero attached hydrogens (tertiary/aromatic N) is 3. The number of thiophene rings is 1. The number of thiazole rings is 1. The second-order valence-corrected chi connectivity index (χ2v) is 10.9. The SMILES string of the molecule is O=C(c1cc(Cl)sc1Cl)N(/N=C/c1ccc(Br)cc1)c1nc2ccc(Br)cc2s1. The van der Waals surface area contributed by atoms with Crippen molar-refractivity contribution in [3.05, 3.63) is 77.3 Å². The number of fused-ring (bicyclic) bond motifs is 1. The summed E-state index contributed by atoms with van der Waals surface area (Å²) in [4.78, 5) is 17.8. The van der Waals surface area contributed by atoms with Crippen LogP contribution in [0, 0.1) is 0 Å². The maximum Gasteiger partial charge on any atom is 0.283 e. The molecule has 4 rings (SSSR count). The van der Waals surface area contributed by atoms with Gasteiger partial charge in [0, 0.05) is 8.95 Å². The third-order valence-corrected chi connectivity index (χ3v) is 7.30. The third kappa shape index (κ3) is 4.73. The maximum absolute atomic E-state index is 13.2. The second-order valence-electron chi connectivity index (χ2n) is 5.76. The van der Waals surface area contributed by atoms with Gasteiger partial charge in [0.15, 0.2) is 0 Å². The molecule has 29 heavy (non-hydrogen) atoms. The van der Waals surface area contributed by atoms with Crippen molar-refractivity contribution in [2.75, 3.05) is 5.01 Å². The minimum Gasteiger partial charge on any atom is -0.267 e. The van der Waals surface area contributed by atoms with Crippen molar-refractivity contribution >= 4 is 105 Å². The summed E-state index contributed by atoms with van der Waals surface area (Å²) >= 11 is 21.6. The molecule has 4 nitrogen and oxygen atoms in total. The summed E-state index contributed by atoms with van der Waals surface area (Å²) < 4.78 is 3.57. The zero-order chi connectivity index (χ0) is 20.5. The van der Waals surface area contributed by atoms with Gasteiger partial charge in [-0.1, -0.05) is 78.5 Å². The maximum atomic E-state index is 13.2. The molecule has 2 heterocycles. The number of anilines is 1. The highest BCUT2D eigenvalue weighted by molar-refractivity contribution is 9.10. The monoisotopic (exact) mass is 587 g/mol. The smallest absolute Gasteiger partial charge is 0.267 e. The molecule has 1 amide bonds. The first kappa shape index (κ1) is 21.0. The molecule has 0 unspecified atom stereocenters. The van der Waals surface area contributed by atoms with Crippen molar-refractivity contribution in [3.8, 4) is 0 Å². The molecule has 0 atom stereocenters. The van der Waals surface area contributed by atoms with Crippen LogP contribution >= 0.6 is 77.7 Å². The van der Waals surface area contributed by atoms with Crippen LogP contribution in [0.25, 0.3) is 10.2 Å². The summed E-state index contributed by atoms with van der Waals surface area (Å²) in [6, 6.07) is 14.9. The van der Waals surface area contributed by atoms with Gasteiger partial charge in [-0.3, -0.25) is 4.79 Å². The van der Waals surface area contributed by atoms with Crippen molar-refractivity contribution in [2.24, 2.45) is 5.10 Å². The lowest BCUT2D eigenvalue weighted by Crippen LogP contribution is -2.25. The van der Waals surface area contributed by atoms with E-state index in [1.54, 1.807) is 12.3 Å². The van der Waals surface area contributed by atoms with Crippen molar-refractivity contribution in [3.63, 3.8) is 0 Å². The minimum atomic E-state index is -0.398. The van der Waals surface area contributed by atoms with Crippen LogP contribution < -0.4 is 5.01 Å². The fraction of sp³-hybridized carbons (Fsp3) is 0. The fourth-order valence-corrected chi connectivity index (χ4v) is 5.63. The molecule has 0 N–H and O–H groups in total. The van der Waals surface area contributed by atoms with Gasteiger partial charge < -0.3 is 0 Å². The summed E-state index contributed by atoms with van der Waals surface area (Å²) in [5.74, 6) is -0.398. The van der Waals surface area contributed by atoms with Crippen LogP contribution in [0.5, 0.6) is 0 Å². The average Bonchev–Trinajstić information content (AvgIpc) is 3.25. The Morgan fingerprint density at radius 1 is 1.03 bits per heavy atom. The first-order chi connectivity index (χ1) is 13.9. The number of hydrogen-bond donors (Lipinski definition) is 0. The number of benzene rings is 2. The van der Waals surface area contributed by atoms with E-state index in [4.69, 9.17) is 23.2 Å². The zero-order valence-corrected chi connectivity index (χ0v) is 20.6. The Morgan fingerprint density at radius 3 is 2.45 bits per heavy atom. The largest absolute Gasteiger partial charge is 0.283 e. The van der Waals surface area contributed by atoms with Gasteiger partial charge in [0.05, 0.1) is 26.3 Å². The summed E-state index contributed by atoms with van der Waals surface area (Å²) in [5, 5.41) is 6.12. The lowest BCUT2D eigenvalue weighted by atomic mass is 10.2. The van der Waals surface area contributed by atoms with E-state index in [0.717, 1.165) is 36.1 Å². The van der Waals surface area contributed by atoms with E-state index in [1.165, 1.54) is 16.3 Å². The molecule has 10 heteroatoms. The van der Waals surface area contributed by atoms with Crippen LogP contribution in [0.2, 0.25) is 8.67 Å². The van der Waals surface area contributed by atoms with Crippen molar-refractivity contribution in [1.29, 1.82) is 0 Å². The molecular weight excluding hydrogens is 581 g/mol. The van der Waals surface area contributed by atoms with Crippen LogP contribution in [0.1, 0.15) is 15.9 Å². The lowest BCUT2D eigenvalue weighted by Gasteiger charge is -2.13. The Bertz CT molecular complexity index is 1240. The molecule has 0 bridgehead atoms. The van der Waals surface area contributed by atoms with E-state index in [9.17, 15) is 4.79 Å². The predicted molar refractivity (Wildman–Crippen MR) is 130 cm³/mol. The summed E-state index contributed by atoms with van der Waals surface area (Å²) in [6.45, 7) is 0. The average molecular weight is 590 g/mol. The standard InChI is InChI=1S/C19H9Br2Cl2N3OS2/c20-11-3-1-10(2-4-11)9-24-26(18(27)13-8-16(22)29-17(13)23)19-25-14-6-5-12(21)7-15(14)28-19/h1-9H/b24-9+. The third-order valence-electron chi connectivity index (χ3n) is 3.79. The molecule has 146 valence electrons. The normalized spacial score (nSPS) is 11.4. The Labute approximate surface area is 201 Å². The van der Waals surface area contributed by atoms with E-state index in [1.807, 2.05) is 42.5 Å². The number of aromatic nitrogens is 1. The lowest BCUT2D eigenvalue weighted by molar-refractivity contribution is 0.0988. The van der Waals surface area contributed by atoms with Gasteiger partial charge in [0.1, 0.15) is 4.34 Å². The number of carbonyl (C=O) groups excluding carboxylic acids is 1. The molecule has 2 aromatic heterocycles. The highest BCUT2D eigenvalue weighted by Crippen LogP contribution is 2.35. The molecule has 4 aromatic rings. The Balaban J connectivity index is 1.77. The zero-order valence-electron chi connectivity index (χ0n) is 14.3. The van der Waals surface area contributed by atoms with Crippen LogP contribution in [0.4, 0.5) is 5.13 Å². The number of amides is 1. The van der Waals surface area contributed by atoms with E-state index in [-0.39, 0.29) is 5.56 Å². The first-order valence-corrected chi connectivity index (χ1v) is 12.0. The minimum absolute atomic E-state index is 0.287. The Hall–Kier alpha value is -1.29. The second kappa shape index (κ2) is 8.83. The van der Waals surface area contributed by atoms with Gasteiger partial charge in [0.25, 0.3) is 5.91 Å². The van der Waals surface area contributed by atoms with Gasteiger partial charge in [-0.15, -0.1) is 11.3 Å². The Kier molecular flexibility index (Phi) is 6.38. The van der Waals surface area contributed by atoms with Crippen LogP contribution in [-0.4, -0.2) is 17.1 Å². The molecule has 0 spiro atoms. The van der Waals surface area contributed by atoms with Crippen molar-refractivity contribution < 1.29 is 4.79 Å². The van der Waals surface area contributed by atoms with Gasteiger partial charge in [-0.05, 0) is 42.0 Å². The summed E-state index contributed by atoms with van der Waals surface area (Å²) in [5.41, 5.74) is 1.90.